The van der Waals surface area contributed by atoms with Gasteiger partial charge >= 0.3 is 0 Å². The molecule has 0 saturated carbocycles. The Bertz CT molecular complexity index is 1370. The summed E-state index contributed by atoms with van der Waals surface area (Å²) in [7, 11) is 0. The van der Waals surface area contributed by atoms with E-state index < -0.39 is 5.91 Å². The first kappa shape index (κ1) is 23.3. The van der Waals surface area contributed by atoms with Crippen molar-refractivity contribution in [2.45, 2.75) is 6.61 Å². The third-order valence-corrected chi connectivity index (χ3v) is 5.15. The van der Waals surface area contributed by atoms with Gasteiger partial charge in [-0.25, -0.2) is 0 Å². The number of para-hydroxylation sites is 1. The second-order valence-electron chi connectivity index (χ2n) is 7.70. The van der Waals surface area contributed by atoms with Crippen LogP contribution < -0.4 is 21.1 Å². The highest BCUT2D eigenvalue weighted by Gasteiger charge is 2.11. The third kappa shape index (κ3) is 6.11. The Labute approximate surface area is 202 Å². The van der Waals surface area contributed by atoms with Crippen molar-refractivity contribution in [3.05, 3.63) is 125 Å². The lowest BCUT2D eigenvalue weighted by atomic mass is 10.1. The minimum Gasteiger partial charge on any atom is -0.488 e. The van der Waals surface area contributed by atoms with Crippen molar-refractivity contribution < 1.29 is 19.1 Å². The molecule has 0 radical (unpaired) electrons. The molecule has 4 rings (SSSR count). The molecule has 0 spiro atoms. The van der Waals surface area contributed by atoms with Crippen molar-refractivity contribution in [2.75, 3.05) is 10.6 Å². The maximum absolute atomic E-state index is 12.8. The molecule has 0 saturated heterocycles. The Morgan fingerprint density at radius 3 is 1.97 bits per heavy atom. The monoisotopic (exact) mass is 465 g/mol. The van der Waals surface area contributed by atoms with E-state index in [0.717, 1.165) is 5.56 Å². The number of benzene rings is 4. The first-order chi connectivity index (χ1) is 17.0. The van der Waals surface area contributed by atoms with Crippen LogP contribution >= 0.6 is 0 Å². The molecule has 0 heterocycles. The topological polar surface area (TPSA) is 111 Å². The van der Waals surface area contributed by atoms with Crippen molar-refractivity contribution >= 4 is 29.1 Å². The average molecular weight is 466 g/mol. The van der Waals surface area contributed by atoms with Gasteiger partial charge in [0.1, 0.15) is 12.4 Å². The summed E-state index contributed by atoms with van der Waals surface area (Å²) in [6.45, 7) is 0.159. The molecule has 0 atom stereocenters. The normalized spacial score (nSPS) is 10.3. The molecule has 0 aliphatic heterocycles. The van der Waals surface area contributed by atoms with Gasteiger partial charge in [0, 0.05) is 22.5 Å². The van der Waals surface area contributed by atoms with E-state index in [1.165, 1.54) is 0 Å². The molecule has 0 bridgehead atoms. The van der Waals surface area contributed by atoms with Crippen LogP contribution in [0, 0.1) is 0 Å². The van der Waals surface area contributed by atoms with Crippen molar-refractivity contribution in [1.29, 1.82) is 0 Å². The number of amides is 3. The number of rotatable bonds is 8. The predicted molar refractivity (Wildman–Crippen MR) is 135 cm³/mol. The predicted octanol–water partition coefficient (Wildman–Crippen LogP) is 4.87. The molecule has 4 aromatic carbocycles. The first-order valence-electron chi connectivity index (χ1n) is 10.9. The van der Waals surface area contributed by atoms with Gasteiger partial charge in [-0.15, -0.1) is 0 Å². The summed E-state index contributed by atoms with van der Waals surface area (Å²) < 4.78 is 5.75. The lowest BCUT2D eigenvalue weighted by Gasteiger charge is -2.11. The molecule has 4 N–H and O–H groups in total. The molecule has 35 heavy (non-hydrogen) atoms. The van der Waals surface area contributed by atoms with Gasteiger partial charge in [-0.1, -0.05) is 48.5 Å². The fourth-order valence-corrected chi connectivity index (χ4v) is 3.43. The second kappa shape index (κ2) is 10.8. The molecule has 0 aliphatic carbocycles. The van der Waals surface area contributed by atoms with Crippen LogP contribution in [0.15, 0.2) is 103 Å². The standard InChI is InChI=1S/C28H23N3O4/c29-26(32)24-14-4-5-15-25(24)35-18-19-8-6-11-21(16-19)28(34)31-23-13-7-12-22(17-23)30-27(33)20-9-2-1-3-10-20/h1-17H,18H2,(H2,29,32)(H,30,33)(H,31,34). The van der Waals surface area contributed by atoms with Gasteiger partial charge in [-0.3, -0.25) is 14.4 Å². The summed E-state index contributed by atoms with van der Waals surface area (Å²) in [5, 5.41) is 5.67. The van der Waals surface area contributed by atoms with E-state index in [1.807, 2.05) is 12.1 Å². The highest BCUT2D eigenvalue weighted by atomic mass is 16.5. The molecular weight excluding hydrogens is 442 g/mol. The molecule has 3 amide bonds. The van der Waals surface area contributed by atoms with Gasteiger partial charge < -0.3 is 21.1 Å². The zero-order valence-electron chi connectivity index (χ0n) is 18.7. The molecule has 7 heteroatoms. The van der Waals surface area contributed by atoms with Crippen molar-refractivity contribution in [3.63, 3.8) is 0 Å². The number of nitrogens with two attached hydrogens (primary N) is 1. The van der Waals surface area contributed by atoms with E-state index in [2.05, 4.69) is 10.6 Å². The lowest BCUT2D eigenvalue weighted by Crippen LogP contribution is -2.14. The van der Waals surface area contributed by atoms with E-state index in [1.54, 1.807) is 91.0 Å². The average Bonchev–Trinajstić information content (AvgIpc) is 2.88. The zero-order chi connectivity index (χ0) is 24.6. The molecule has 4 aromatic rings. The van der Waals surface area contributed by atoms with E-state index in [-0.39, 0.29) is 18.4 Å². The van der Waals surface area contributed by atoms with Gasteiger partial charge in [0.05, 0.1) is 5.56 Å². The summed E-state index contributed by atoms with van der Waals surface area (Å²) in [4.78, 5) is 36.8. The molecule has 0 aliphatic rings. The van der Waals surface area contributed by atoms with Crippen LogP contribution in [0.25, 0.3) is 0 Å². The summed E-state index contributed by atoms with van der Waals surface area (Å²) >= 11 is 0. The number of hydrogen-bond acceptors (Lipinski definition) is 4. The lowest BCUT2D eigenvalue weighted by molar-refractivity contribution is 0.0992. The number of primary amides is 1. The fourth-order valence-electron chi connectivity index (χ4n) is 3.43. The van der Waals surface area contributed by atoms with E-state index in [0.29, 0.717) is 33.8 Å². The SMILES string of the molecule is NC(=O)c1ccccc1OCc1cccc(C(=O)Nc2cccc(NC(=O)c3ccccc3)c2)c1. The highest BCUT2D eigenvalue weighted by molar-refractivity contribution is 6.06. The summed E-state index contributed by atoms with van der Waals surface area (Å²) in [6, 6.07) is 29.5. The number of ether oxygens (including phenoxy) is 1. The quantitative estimate of drug-likeness (QED) is 0.345. The molecular formula is C28H23N3O4. The Balaban J connectivity index is 1.41. The third-order valence-electron chi connectivity index (χ3n) is 5.15. The highest BCUT2D eigenvalue weighted by Crippen LogP contribution is 2.20. The van der Waals surface area contributed by atoms with Gasteiger partial charge in [-0.2, -0.15) is 0 Å². The maximum atomic E-state index is 12.8. The minimum atomic E-state index is -0.573. The fraction of sp³-hybridized carbons (Fsp3) is 0.0357. The van der Waals surface area contributed by atoms with Crippen molar-refractivity contribution in [2.24, 2.45) is 5.73 Å². The Kier molecular flexibility index (Phi) is 7.18. The van der Waals surface area contributed by atoms with Crippen LogP contribution in [0.3, 0.4) is 0 Å². The smallest absolute Gasteiger partial charge is 0.255 e. The zero-order valence-corrected chi connectivity index (χ0v) is 18.7. The number of anilines is 2. The number of nitrogens with one attached hydrogen (secondary N) is 2. The number of hydrogen-bond donors (Lipinski definition) is 3. The molecule has 174 valence electrons. The molecule has 0 unspecified atom stereocenters. The Hall–Kier alpha value is -4.91. The van der Waals surface area contributed by atoms with E-state index >= 15 is 0 Å². The van der Waals surface area contributed by atoms with Crippen LogP contribution in [0.5, 0.6) is 5.75 Å². The largest absolute Gasteiger partial charge is 0.488 e. The molecule has 7 nitrogen and oxygen atoms in total. The summed E-state index contributed by atoms with van der Waals surface area (Å²) in [5.74, 6) is -0.740. The van der Waals surface area contributed by atoms with Crippen molar-refractivity contribution in [1.82, 2.24) is 0 Å². The summed E-state index contributed by atoms with van der Waals surface area (Å²) in [5.41, 5.74) is 8.52. The van der Waals surface area contributed by atoms with Crippen LogP contribution in [0.4, 0.5) is 11.4 Å². The molecule has 0 fully saturated rings. The number of carbonyl (C=O) groups is 3. The molecule has 0 aromatic heterocycles. The first-order valence-corrected chi connectivity index (χ1v) is 10.9. The minimum absolute atomic E-state index is 0.159. The van der Waals surface area contributed by atoms with Crippen LogP contribution in [0.2, 0.25) is 0 Å². The Morgan fingerprint density at radius 1 is 0.657 bits per heavy atom. The number of carbonyl (C=O) groups excluding carboxylic acids is 3. The van der Waals surface area contributed by atoms with E-state index in [9.17, 15) is 14.4 Å². The van der Waals surface area contributed by atoms with Gasteiger partial charge in [0.25, 0.3) is 17.7 Å². The van der Waals surface area contributed by atoms with Crippen LogP contribution in [0.1, 0.15) is 36.6 Å². The van der Waals surface area contributed by atoms with Crippen molar-refractivity contribution in [3.8, 4) is 5.75 Å². The summed E-state index contributed by atoms with van der Waals surface area (Å²) in [6.07, 6.45) is 0. The van der Waals surface area contributed by atoms with Crippen LogP contribution in [-0.4, -0.2) is 17.7 Å². The van der Waals surface area contributed by atoms with Gasteiger partial charge in [0.2, 0.25) is 0 Å². The van der Waals surface area contributed by atoms with E-state index in [4.69, 9.17) is 10.5 Å². The van der Waals surface area contributed by atoms with Crippen LogP contribution in [-0.2, 0) is 6.61 Å². The Morgan fingerprint density at radius 2 is 1.26 bits per heavy atom. The van der Waals surface area contributed by atoms with Gasteiger partial charge in [-0.05, 0) is 60.2 Å². The van der Waals surface area contributed by atoms with Gasteiger partial charge in [0.15, 0.2) is 0 Å². The second-order valence-corrected chi connectivity index (χ2v) is 7.70. The maximum Gasteiger partial charge on any atom is 0.255 e.